The number of aryl methyl sites for hydroxylation is 1. The highest BCUT2D eigenvalue weighted by Gasteiger charge is 2.35. The Morgan fingerprint density at radius 1 is 1.24 bits per heavy atom. The van der Waals surface area contributed by atoms with Crippen LogP contribution < -0.4 is 5.73 Å². The van der Waals surface area contributed by atoms with Crippen molar-refractivity contribution in [2.24, 2.45) is 5.73 Å². The summed E-state index contributed by atoms with van der Waals surface area (Å²) in [5.74, 6) is -1.07. The van der Waals surface area contributed by atoms with Gasteiger partial charge in [0.1, 0.15) is 5.82 Å². The lowest BCUT2D eigenvalue weighted by Crippen LogP contribution is -2.12. The molecule has 112 valence electrons. The molecule has 0 amide bonds. The molecule has 1 aromatic heterocycles. The Balaban J connectivity index is 2.60. The molecule has 0 saturated carbocycles. The van der Waals surface area contributed by atoms with E-state index in [4.69, 9.17) is 5.73 Å². The van der Waals surface area contributed by atoms with Gasteiger partial charge in [-0.15, -0.1) is 0 Å². The maximum atomic E-state index is 13.1. The van der Waals surface area contributed by atoms with Crippen molar-refractivity contribution >= 4 is 0 Å². The van der Waals surface area contributed by atoms with Crippen LogP contribution in [0.3, 0.4) is 0 Å². The highest BCUT2D eigenvalue weighted by atomic mass is 19.4. The van der Waals surface area contributed by atoms with Crippen LogP contribution in [0.5, 0.6) is 0 Å². The molecule has 1 atom stereocenters. The minimum Gasteiger partial charge on any atom is -0.324 e. The molecule has 1 heterocycles. The van der Waals surface area contributed by atoms with Gasteiger partial charge in [-0.05, 0) is 32.0 Å². The van der Waals surface area contributed by atoms with Gasteiger partial charge in [0.15, 0.2) is 5.82 Å². The third-order valence-electron chi connectivity index (χ3n) is 3.04. The number of rotatable bonds is 2. The number of hydrogen-bond acceptors (Lipinski definition) is 3. The van der Waals surface area contributed by atoms with Crippen LogP contribution in [0, 0.1) is 12.7 Å². The lowest BCUT2D eigenvalue weighted by Gasteiger charge is -2.14. The maximum Gasteiger partial charge on any atom is 0.417 e. The third kappa shape index (κ3) is 3.18. The summed E-state index contributed by atoms with van der Waals surface area (Å²) in [6.07, 6.45) is -3.29. The van der Waals surface area contributed by atoms with Gasteiger partial charge < -0.3 is 5.73 Å². The predicted octanol–water partition coefficient (Wildman–Crippen LogP) is 3.63. The maximum absolute atomic E-state index is 13.1. The van der Waals surface area contributed by atoms with Crippen LogP contribution in [0.1, 0.15) is 29.8 Å². The predicted molar refractivity (Wildman–Crippen MR) is 69.8 cm³/mol. The molecule has 0 bridgehead atoms. The molecule has 0 unspecified atom stereocenters. The van der Waals surface area contributed by atoms with Crippen LogP contribution in [0.15, 0.2) is 24.4 Å². The topological polar surface area (TPSA) is 51.8 Å². The van der Waals surface area contributed by atoms with Gasteiger partial charge in [0, 0.05) is 29.1 Å². The Bertz CT molecular complexity index is 666. The van der Waals surface area contributed by atoms with E-state index < -0.39 is 17.6 Å². The van der Waals surface area contributed by atoms with Crippen LogP contribution >= 0.6 is 0 Å². The van der Waals surface area contributed by atoms with E-state index in [1.165, 1.54) is 6.20 Å². The van der Waals surface area contributed by atoms with Gasteiger partial charge in [-0.3, -0.25) is 0 Å². The van der Waals surface area contributed by atoms with Gasteiger partial charge in [-0.1, -0.05) is 0 Å². The van der Waals surface area contributed by atoms with Crippen molar-refractivity contribution in [2.75, 3.05) is 0 Å². The summed E-state index contributed by atoms with van der Waals surface area (Å²) in [4.78, 5) is 7.98. The SMILES string of the molecule is Cc1nc(-c2ccc(F)cc2C(F)(F)F)ncc1[C@H](C)N. The quantitative estimate of drug-likeness (QED) is 0.862. The zero-order valence-corrected chi connectivity index (χ0v) is 11.4. The van der Waals surface area contributed by atoms with Crippen LogP contribution in [-0.4, -0.2) is 9.97 Å². The summed E-state index contributed by atoms with van der Waals surface area (Å²) in [5, 5.41) is 0. The molecule has 0 saturated heterocycles. The molecule has 0 aliphatic heterocycles. The second-order valence-corrected chi connectivity index (χ2v) is 4.71. The summed E-state index contributed by atoms with van der Waals surface area (Å²) in [7, 11) is 0. The van der Waals surface area contributed by atoms with Crippen molar-refractivity contribution in [1.29, 1.82) is 0 Å². The lowest BCUT2D eigenvalue weighted by atomic mass is 10.0. The number of aromatic nitrogens is 2. The van der Waals surface area contributed by atoms with Crippen LogP contribution in [0.2, 0.25) is 0 Å². The monoisotopic (exact) mass is 299 g/mol. The minimum atomic E-state index is -4.69. The van der Waals surface area contributed by atoms with Crippen molar-refractivity contribution in [3.63, 3.8) is 0 Å². The van der Waals surface area contributed by atoms with Crippen LogP contribution in [-0.2, 0) is 6.18 Å². The zero-order chi connectivity index (χ0) is 15.8. The number of nitrogens with two attached hydrogens (primary N) is 1. The van der Waals surface area contributed by atoms with Crippen molar-refractivity contribution in [3.05, 3.63) is 47.0 Å². The fourth-order valence-corrected chi connectivity index (χ4v) is 2.00. The third-order valence-corrected chi connectivity index (χ3v) is 3.04. The summed E-state index contributed by atoms with van der Waals surface area (Å²) in [6.45, 7) is 3.37. The second-order valence-electron chi connectivity index (χ2n) is 4.71. The van der Waals surface area contributed by atoms with E-state index in [0.29, 0.717) is 17.3 Å². The van der Waals surface area contributed by atoms with Crippen molar-refractivity contribution < 1.29 is 17.6 Å². The summed E-state index contributed by atoms with van der Waals surface area (Å²) in [5.41, 5.74) is 5.49. The zero-order valence-electron chi connectivity index (χ0n) is 11.4. The van der Waals surface area contributed by atoms with Gasteiger partial charge >= 0.3 is 6.18 Å². The van der Waals surface area contributed by atoms with E-state index >= 15 is 0 Å². The lowest BCUT2D eigenvalue weighted by molar-refractivity contribution is -0.137. The van der Waals surface area contributed by atoms with E-state index in [-0.39, 0.29) is 17.4 Å². The first-order valence-corrected chi connectivity index (χ1v) is 6.16. The molecule has 0 radical (unpaired) electrons. The molecular weight excluding hydrogens is 286 g/mol. The molecule has 3 nitrogen and oxygen atoms in total. The van der Waals surface area contributed by atoms with Crippen molar-refractivity contribution in [3.8, 4) is 11.4 Å². The van der Waals surface area contributed by atoms with Crippen molar-refractivity contribution in [1.82, 2.24) is 9.97 Å². The normalized spacial score (nSPS) is 13.3. The van der Waals surface area contributed by atoms with E-state index in [1.807, 2.05) is 0 Å². The Labute approximate surface area is 118 Å². The molecular formula is C14H13F4N3. The second kappa shape index (κ2) is 5.40. The minimum absolute atomic E-state index is 0.107. The fraction of sp³-hybridized carbons (Fsp3) is 0.286. The molecule has 0 spiro atoms. The van der Waals surface area contributed by atoms with Gasteiger partial charge in [-0.2, -0.15) is 13.2 Å². The number of halogens is 4. The van der Waals surface area contributed by atoms with Gasteiger partial charge in [-0.25, -0.2) is 14.4 Å². The first kappa shape index (κ1) is 15.4. The Kier molecular flexibility index (Phi) is 3.95. The van der Waals surface area contributed by atoms with Gasteiger partial charge in [0.25, 0.3) is 0 Å². The first-order valence-electron chi connectivity index (χ1n) is 6.16. The molecule has 0 fully saturated rings. The van der Waals surface area contributed by atoms with Gasteiger partial charge in [0.2, 0.25) is 0 Å². The van der Waals surface area contributed by atoms with Crippen LogP contribution in [0.25, 0.3) is 11.4 Å². The highest BCUT2D eigenvalue weighted by Crippen LogP contribution is 2.36. The molecule has 0 aliphatic carbocycles. The average molecular weight is 299 g/mol. The molecule has 2 N–H and O–H groups in total. The standard InChI is InChI=1S/C14H13F4N3/c1-7(19)11-6-20-13(21-8(11)2)10-4-3-9(15)5-12(10)14(16,17)18/h3-7H,19H2,1-2H3/t7-/m0/s1. The van der Waals surface area contributed by atoms with Gasteiger partial charge in [0.05, 0.1) is 5.56 Å². The number of alkyl halides is 3. The number of hydrogen-bond donors (Lipinski definition) is 1. The van der Waals surface area contributed by atoms with E-state index in [2.05, 4.69) is 9.97 Å². The van der Waals surface area contributed by atoms with E-state index in [0.717, 1.165) is 12.1 Å². The molecule has 1 aromatic carbocycles. The molecule has 0 aliphatic rings. The Morgan fingerprint density at radius 3 is 2.43 bits per heavy atom. The summed E-state index contributed by atoms with van der Waals surface area (Å²) < 4.78 is 52.0. The largest absolute Gasteiger partial charge is 0.417 e. The van der Waals surface area contributed by atoms with E-state index in [1.54, 1.807) is 13.8 Å². The Hall–Kier alpha value is -2.02. The molecule has 21 heavy (non-hydrogen) atoms. The molecule has 2 rings (SSSR count). The molecule has 2 aromatic rings. The number of benzene rings is 1. The summed E-state index contributed by atoms with van der Waals surface area (Å²) in [6, 6.07) is 2.09. The smallest absolute Gasteiger partial charge is 0.324 e. The highest BCUT2D eigenvalue weighted by molar-refractivity contribution is 5.61. The van der Waals surface area contributed by atoms with Crippen LogP contribution in [0.4, 0.5) is 17.6 Å². The number of nitrogens with zero attached hydrogens (tertiary/aromatic N) is 2. The average Bonchev–Trinajstić information content (AvgIpc) is 2.37. The fourth-order valence-electron chi connectivity index (χ4n) is 2.00. The Morgan fingerprint density at radius 2 is 1.90 bits per heavy atom. The van der Waals surface area contributed by atoms with Crippen molar-refractivity contribution in [2.45, 2.75) is 26.1 Å². The van der Waals surface area contributed by atoms with E-state index in [9.17, 15) is 17.6 Å². The first-order chi connectivity index (χ1) is 9.70. The molecule has 7 heteroatoms. The summed E-state index contributed by atoms with van der Waals surface area (Å²) >= 11 is 0.